The van der Waals surface area contributed by atoms with E-state index in [0.717, 1.165) is 43.6 Å². The van der Waals surface area contributed by atoms with Crippen LogP contribution in [0.3, 0.4) is 0 Å². The van der Waals surface area contributed by atoms with E-state index in [-0.39, 0.29) is 51.0 Å². The summed E-state index contributed by atoms with van der Waals surface area (Å²) in [5.74, 6) is -6.97. The van der Waals surface area contributed by atoms with E-state index in [1.807, 2.05) is 111 Å². The highest BCUT2D eigenvalue weighted by Gasteiger charge is 2.36. The first-order valence-corrected chi connectivity index (χ1v) is 30.3. The van der Waals surface area contributed by atoms with E-state index in [1.165, 1.54) is 0 Å². The van der Waals surface area contributed by atoms with Crippen molar-refractivity contribution in [3.8, 4) is 0 Å². The minimum absolute atomic E-state index is 0.00619. The first-order chi connectivity index (χ1) is 42.9. The molecule has 19 N–H and O–H groups in total. The number of amides is 7. The Kier molecular flexibility index (Phi) is 23.2. The highest BCUT2D eigenvalue weighted by Crippen LogP contribution is 2.25. The third-order valence-electron chi connectivity index (χ3n) is 16.0. The fraction of sp³-hybridized carbons (Fsp3) is 0.385. The van der Waals surface area contributed by atoms with Gasteiger partial charge in [0, 0.05) is 94.1 Å². The Hall–Kier alpha value is -9.36. The van der Waals surface area contributed by atoms with Gasteiger partial charge in [-0.05, 0) is 104 Å². The van der Waals surface area contributed by atoms with Crippen LogP contribution in [-0.2, 0) is 64.0 Å². The number of aromatic nitrogens is 4. The molecule has 4 aromatic carbocycles. The Morgan fingerprint density at radius 2 is 0.697 bits per heavy atom. The fourth-order valence-electron chi connectivity index (χ4n) is 11.1. The van der Waals surface area contributed by atoms with Crippen LogP contribution in [0.4, 0.5) is 0 Å². The number of benzene rings is 4. The fourth-order valence-corrected chi connectivity index (χ4v) is 11.1. The second kappa shape index (κ2) is 31.5. The molecule has 24 nitrogen and oxygen atoms in total. The van der Waals surface area contributed by atoms with Crippen LogP contribution in [0.2, 0.25) is 0 Å². The van der Waals surface area contributed by atoms with Crippen molar-refractivity contribution >= 4 is 90.9 Å². The van der Waals surface area contributed by atoms with Crippen molar-refractivity contribution in [3.05, 3.63) is 144 Å². The number of carbonyl (C=O) groups excluding carboxylic acids is 7. The number of aliphatic hydroxyl groups excluding tert-OH is 1. The maximum Gasteiger partial charge on any atom is 0.328 e. The Labute approximate surface area is 514 Å². The van der Waals surface area contributed by atoms with Gasteiger partial charge in [-0.1, -0.05) is 93.1 Å². The highest BCUT2D eigenvalue weighted by molar-refractivity contribution is 5.99. The van der Waals surface area contributed by atoms with Crippen molar-refractivity contribution in [2.75, 3.05) is 19.7 Å². The molecule has 7 amide bonds. The molecule has 0 aliphatic rings. The van der Waals surface area contributed by atoms with Gasteiger partial charge in [0.2, 0.25) is 41.4 Å². The molecule has 4 aromatic heterocycles. The lowest BCUT2D eigenvalue weighted by atomic mass is 9.98. The summed E-state index contributed by atoms with van der Waals surface area (Å²) in [6.45, 7) is 3.45. The standard InChI is InChI=1S/C65H82N14O10/c1-37(2)27-52(60(83)73-51(24-12-14-26-67)59(82)79-57(36-80)65(88)89)75-62(85)54(29-39-33-70-48-21-8-4-16-43(39)48)77-64(87)56(31-41-35-72-50-23-10-6-18-45(41)50)78-63(86)55(30-40-34-71-49-22-9-5-17-44(40)49)76-61(84)53(74-58(81)46(68)19-11-13-25-66)28-38-32-69-47-20-7-3-15-42(38)47/h3-10,15-18,20-23,32-35,37,46,51-57,69-72,80H,11-14,19,24-31,36,66-68H2,1-2H3,(H,73,83)(H,74,81)(H,75,85)(H,76,84)(H,77,87)(H,78,86)(H,79,82)(H,88,89)/t46-,51-,52+,53+,54-,55-,56+,57+/m0/s1. The van der Waals surface area contributed by atoms with Crippen molar-refractivity contribution in [2.45, 2.75) is 133 Å². The van der Waals surface area contributed by atoms with Gasteiger partial charge in [-0.25, -0.2) is 4.79 Å². The van der Waals surface area contributed by atoms with Crippen molar-refractivity contribution in [1.82, 2.24) is 57.2 Å². The number of rotatable bonds is 34. The second-order valence-electron chi connectivity index (χ2n) is 23.0. The number of para-hydroxylation sites is 4. The summed E-state index contributed by atoms with van der Waals surface area (Å²) >= 11 is 0. The number of nitrogens with two attached hydrogens (primary N) is 3. The van der Waals surface area contributed by atoms with E-state index in [1.54, 1.807) is 24.8 Å². The second-order valence-corrected chi connectivity index (χ2v) is 23.0. The van der Waals surface area contributed by atoms with Gasteiger partial charge in [-0.15, -0.1) is 0 Å². The molecule has 24 heteroatoms. The lowest BCUT2D eigenvalue weighted by Crippen LogP contribution is -2.61. The summed E-state index contributed by atoms with van der Waals surface area (Å²) < 4.78 is 0. The van der Waals surface area contributed by atoms with E-state index >= 15 is 19.2 Å². The molecule has 89 heavy (non-hydrogen) atoms. The molecule has 8 atom stereocenters. The molecule has 0 aliphatic heterocycles. The number of unbranched alkanes of at least 4 members (excludes halogenated alkanes) is 2. The minimum Gasteiger partial charge on any atom is -0.480 e. The SMILES string of the molecule is CC(C)C[C@@H](NC(=O)[C@H](Cc1c[nH]c2ccccc12)NC(=O)[C@@H](Cc1c[nH]c2ccccc12)NC(=O)[C@H](Cc1c[nH]c2ccccc12)NC(=O)[C@@H](Cc1c[nH]c2ccccc12)NC(=O)[C@@H](N)CCCCN)C(=O)N[C@@H](CCCCN)C(=O)N[C@H](CO)C(=O)O. The normalized spacial score (nSPS) is 14.3. The predicted molar refractivity (Wildman–Crippen MR) is 339 cm³/mol. The lowest BCUT2D eigenvalue weighted by Gasteiger charge is -2.28. The zero-order valence-corrected chi connectivity index (χ0v) is 50.0. The number of hydrogen-bond donors (Lipinski definition) is 16. The van der Waals surface area contributed by atoms with Gasteiger partial charge in [-0.3, -0.25) is 33.6 Å². The van der Waals surface area contributed by atoms with E-state index < -0.39 is 102 Å². The Morgan fingerprint density at radius 3 is 1.03 bits per heavy atom. The van der Waals surface area contributed by atoms with E-state index in [0.29, 0.717) is 60.9 Å². The first kappa shape index (κ1) is 65.6. The minimum atomic E-state index is -1.65. The maximum atomic E-state index is 15.5. The van der Waals surface area contributed by atoms with Gasteiger partial charge in [-0.2, -0.15) is 0 Å². The van der Waals surface area contributed by atoms with Gasteiger partial charge < -0.3 is 84.6 Å². The lowest BCUT2D eigenvalue weighted by molar-refractivity contribution is -0.143. The molecule has 0 bridgehead atoms. The molecule has 8 rings (SSSR count). The molecule has 0 unspecified atom stereocenters. The Bertz CT molecular complexity index is 3740. The summed E-state index contributed by atoms with van der Waals surface area (Å²) in [7, 11) is 0. The number of carboxylic acids is 1. The predicted octanol–water partition coefficient (Wildman–Crippen LogP) is 2.98. The maximum absolute atomic E-state index is 15.5. The molecule has 0 saturated carbocycles. The highest BCUT2D eigenvalue weighted by atomic mass is 16.4. The molecule has 0 spiro atoms. The number of H-pyrrole nitrogens is 4. The average molecular weight is 1220 g/mol. The summed E-state index contributed by atoms with van der Waals surface area (Å²) in [4.78, 5) is 128. The van der Waals surface area contributed by atoms with Crippen LogP contribution in [0.25, 0.3) is 43.6 Å². The molecular weight excluding hydrogens is 1140 g/mol. The van der Waals surface area contributed by atoms with Gasteiger partial charge >= 0.3 is 5.97 Å². The van der Waals surface area contributed by atoms with E-state index in [2.05, 4.69) is 57.2 Å². The van der Waals surface area contributed by atoms with Gasteiger partial charge in [0.25, 0.3) is 0 Å². The van der Waals surface area contributed by atoms with E-state index in [9.17, 15) is 29.4 Å². The molecule has 0 fully saturated rings. The number of fused-ring (bicyclic) bond motifs is 4. The summed E-state index contributed by atoms with van der Waals surface area (Å²) in [6.07, 6.45) is 9.12. The molecule has 0 radical (unpaired) electrons. The molecule has 0 aliphatic carbocycles. The molecule has 472 valence electrons. The molecule has 8 aromatic rings. The number of carbonyl (C=O) groups is 8. The van der Waals surface area contributed by atoms with Crippen LogP contribution >= 0.6 is 0 Å². The average Bonchev–Trinajstić information content (AvgIpc) is 3.87. The zero-order valence-electron chi connectivity index (χ0n) is 50.0. The largest absolute Gasteiger partial charge is 0.480 e. The van der Waals surface area contributed by atoms with Crippen molar-refractivity contribution in [2.24, 2.45) is 23.1 Å². The third kappa shape index (κ3) is 17.5. The van der Waals surface area contributed by atoms with Crippen LogP contribution in [0.1, 0.15) is 81.0 Å². The number of nitrogens with one attached hydrogen (secondary N) is 11. The summed E-state index contributed by atoms with van der Waals surface area (Å²) in [5.41, 5.74) is 23.6. The smallest absolute Gasteiger partial charge is 0.328 e. The quantitative estimate of drug-likeness (QED) is 0.0258. The number of hydrogen-bond acceptors (Lipinski definition) is 12. The summed E-state index contributed by atoms with van der Waals surface area (Å²) in [5, 5.41) is 41.9. The topological polar surface area (TPSA) is 402 Å². The Balaban J connectivity index is 1.13. The third-order valence-corrected chi connectivity index (χ3v) is 16.0. The molecule has 0 saturated heterocycles. The molecular formula is C65H82N14O10. The number of aliphatic hydroxyl groups is 1. The Morgan fingerprint density at radius 1 is 0.404 bits per heavy atom. The van der Waals surface area contributed by atoms with Gasteiger partial charge in [0.05, 0.1) is 12.6 Å². The molecule has 4 heterocycles. The number of aromatic amines is 4. The zero-order chi connectivity index (χ0) is 63.6. The van der Waals surface area contributed by atoms with E-state index in [4.69, 9.17) is 17.2 Å². The van der Waals surface area contributed by atoms with Crippen molar-refractivity contribution < 1.29 is 48.6 Å². The summed E-state index contributed by atoms with van der Waals surface area (Å²) in [6, 6.07) is 19.0. The monoisotopic (exact) mass is 1220 g/mol. The first-order valence-electron chi connectivity index (χ1n) is 30.3. The van der Waals surface area contributed by atoms with Gasteiger partial charge in [0.15, 0.2) is 0 Å². The van der Waals surface area contributed by atoms with Crippen LogP contribution in [-0.4, -0.2) is 145 Å². The van der Waals surface area contributed by atoms with Crippen molar-refractivity contribution in [3.63, 3.8) is 0 Å². The van der Waals surface area contributed by atoms with Crippen LogP contribution in [0, 0.1) is 5.92 Å². The number of carboxylic acid groups (broad SMARTS) is 1. The van der Waals surface area contributed by atoms with Crippen LogP contribution in [0.15, 0.2) is 122 Å². The van der Waals surface area contributed by atoms with Gasteiger partial charge in [0.1, 0.15) is 42.3 Å². The van der Waals surface area contributed by atoms with Crippen LogP contribution < -0.4 is 54.4 Å². The van der Waals surface area contributed by atoms with Crippen LogP contribution in [0.5, 0.6) is 0 Å². The number of aliphatic carboxylic acids is 1. The van der Waals surface area contributed by atoms with Crippen molar-refractivity contribution in [1.29, 1.82) is 0 Å².